The van der Waals surface area contributed by atoms with Crippen LogP contribution in [0.15, 0.2) is 67.0 Å². The molecule has 110 valence electrons. The number of carbonyl (C=O) groups excluding carboxylic acids is 1. The van der Waals surface area contributed by atoms with Crippen molar-refractivity contribution in [2.24, 2.45) is 0 Å². The molecule has 2 aromatic carbocycles. The molecule has 3 N–H and O–H groups in total. The molecule has 0 aliphatic heterocycles. The quantitative estimate of drug-likeness (QED) is 0.682. The van der Waals surface area contributed by atoms with Crippen LogP contribution in [0.4, 0.5) is 5.95 Å². The van der Waals surface area contributed by atoms with Crippen LogP contribution in [0.1, 0.15) is 11.1 Å². The Bertz CT molecular complexity index is 703. The van der Waals surface area contributed by atoms with Crippen LogP contribution in [0.25, 0.3) is 0 Å². The maximum Gasteiger partial charge on any atom is 0.268 e. The molecule has 3 aromatic rings. The smallest absolute Gasteiger partial charge is 0.268 e. The molecule has 3 rings (SSSR count). The Hall–Kier alpha value is -2.99. The lowest BCUT2D eigenvalue weighted by molar-refractivity contribution is -0.131. The Morgan fingerprint density at radius 3 is 2.00 bits per heavy atom. The summed E-state index contributed by atoms with van der Waals surface area (Å²) in [6.07, 6.45) is 1.28. The maximum absolute atomic E-state index is 12.7. The molecule has 0 bridgehead atoms. The predicted molar refractivity (Wildman–Crippen MR) is 80.9 cm³/mol. The third-order valence-corrected chi connectivity index (χ3v) is 3.36. The highest BCUT2D eigenvalue weighted by Gasteiger charge is 2.40. The predicted octanol–water partition coefficient (Wildman–Crippen LogP) is 1.68. The molecular weight excluding hydrogens is 280 g/mol. The number of benzene rings is 2. The largest absolute Gasteiger partial charge is 0.372 e. The van der Waals surface area contributed by atoms with E-state index in [-0.39, 0.29) is 5.95 Å². The fourth-order valence-corrected chi connectivity index (χ4v) is 2.25. The highest BCUT2D eigenvalue weighted by molar-refractivity contribution is 5.99. The summed E-state index contributed by atoms with van der Waals surface area (Å²) >= 11 is 0. The van der Waals surface area contributed by atoms with Crippen molar-refractivity contribution < 1.29 is 9.90 Å². The monoisotopic (exact) mass is 294 g/mol. The highest BCUT2D eigenvalue weighted by atomic mass is 16.3. The second kappa shape index (κ2) is 5.79. The van der Waals surface area contributed by atoms with E-state index >= 15 is 0 Å². The van der Waals surface area contributed by atoms with Gasteiger partial charge in [0, 0.05) is 0 Å². The summed E-state index contributed by atoms with van der Waals surface area (Å²) in [5.74, 6) is -0.433. The summed E-state index contributed by atoms with van der Waals surface area (Å²) in [6, 6.07) is 17.5. The normalized spacial score (nSPS) is 11.1. The molecule has 0 saturated heterocycles. The Balaban J connectivity index is 2.05. The Morgan fingerprint density at radius 2 is 1.55 bits per heavy atom. The third-order valence-electron chi connectivity index (χ3n) is 3.36. The van der Waals surface area contributed by atoms with Crippen LogP contribution in [0.3, 0.4) is 0 Å². The summed E-state index contributed by atoms with van der Waals surface area (Å²) in [5, 5.41) is 19.9. The second-order valence-electron chi connectivity index (χ2n) is 4.73. The number of anilines is 1. The highest BCUT2D eigenvalue weighted by Crippen LogP contribution is 2.30. The SMILES string of the molecule is O=C(Nc1ncn[nH]1)C(O)(c1ccccc1)c1ccccc1. The van der Waals surface area contributed by atoms with Crippen LogP contribution in [0.2, 0.25) is 0 Å². The fraction of sp³-hybridized carbons (Fsp3) is 0.0625. The molecule has 0 aliphatic rings. The van der Waals surface area contributed by atoms with E-state index in [0.29, 0.717) is 11.1 Å². The first kappa shape index (κ1) is 14.0. The number of hydrogen-bond acceptors (Lipinski definition) is 4. The molecule has 22 heavy (non-hydrogen) atoms. The van der Waals surface area contributed by atoms with Crippen molar-refractivity contribution >= 4 is 11.9 Å². The molecule has 6 nitrogen and oxygen atoms in total. The van der Waals surface area contributed by atoms with E-state index in [1.807, 2.05) is 12.1 Å². The number of aromatic amines is 1. The van der Waals surface area contributed by atoms with Crippen LogP contribution in [0, 0.1) is 0 Å². The number of nitrogens with one attached hydrogen (secondary N) is 2. The van der Waals surface area contributed by atoms with E-state index in [1.54, 1.807) is 48.5 Å². The second-order valence-corrected chi connectivity index (χ2v) is 4.73. The summed E-state index contributed by atoms with van der Waals surface area (Å²) in [6.45, 7) is 0. The first-order valence-electron chi connectivity index (χ1n) is 6.71. The van der Waals surface area contributed by atoms with Gasteiger partial charge in [0.15, 0.2) is 5.60 Å². The van der Waals surface area contributed by atoms with Crippen molar-refractivity contribution in [2.75, 3.05) is 5.32 Å². The number of H-pyrrole nitrogens is 1. The Kier molecular flexibility index (Phi) is 3.67. The van der Waals surface area contributed by atoms with Gasteiger partial charge in [0.25, 0.3) is 5.91 Å². The van der Waals surface area contributed by atoms with Crippen molar-refractivity contribution in [1.29, 1.82) is 0 Å². The average Bonchev–Trinajstić information content (AvgIpc) is 3.08. The van der Waals surface area contributed by atoms with Crippen molar-refractivity contribution in [1.82, 2.24) is 15.2 Å². The third kappa shape index (κ3) is 2.47. The minimum absolute atomic E-state index is 0.176. The van der Waals surface area contributed by atoms with E-state index in [1.165, 1.54) is 6.33 Å². The van der Waals surface area contributed by atoms with Crippen LogP contribution in [-0.4, -0.2) is 26.2 Å². The average molecular weight is 294 g/mol. The van der Waals surface area contributed by atoms with E-state index in [9.17, 15) is 9.90 Å². The lowest BCUT2D eigenvalue weighted by Crippen LogP contribution is -2.41. The number of nitrogens with zero attached hydrogens (tertiary/aromatic N) is 2. The molecule has 0 atom stereocenters. The van der Waals surface area contributed by atoms with Crippen LogP contribution in [0.5, 0.6) is 0 Å². The van der Waals surface area contributed by atoms with Gasteiger partial charge in [0.2, 0.25) is 5.95 Å². The zero-order chi connectivity index (χ0) is 15.4. The number of hydrogen-bond donors (Lipinski definition) is 3. The molecule has 1 heterocycles. The minimum Gasteiger partial charge on any atom is -0.372 e. The fourth-order valence-electron chi connectivity index (χ4n) is 2.25. The molecule has 0 saturated carbocycles. The zero-order valence-electron chi connectivity index (χ0n) is 11.6. The molecule has 1 amide bonds. The van der Waals surface area contributed by atoms with Crippen molar-refractivity contribution in [3.8, 4) is 0 Å². The number of aliphatic hydroxyl groups is 1. The number of carbonyl (C=O) groups is 1. The first-order valence-corrected chi connectivity index (χ1v) is 6.71. The standard InChI is InChI=1S/C16H14N4O2/c21-14(19-15-17-11-18-20-15)16(22,12-7-3-1-4-8-12)13-9-5-2-6-10-13/h1-11,22H,(H2,17,18,19,20,21). The first-order chi connectivity index (χ1) is 10.7. The van der Waals surface area contributed by atoms with E-state index in [4.69, 9.17) is 0 Å². The lowest BCUT2D eigenvalue weighted by atomic mass is 9.85. The Labute approximate surface area is 126 Å². The lowest BCUT2D eigenvalue weighted by Gasteiger charge is -2.27. The summed E-state index contributed by atoms with van der Waals surface area (Å²) < 4.78 is 0. The van der Waals surface area contributed by atoms with Gasteiger partial charge >= 0.3 is 0 Å². The Morgan fingerprint density at radius 1 is 1.00 bits per heavy atom. The van der Waals surface area contributed by atoms with Gasteiger partial charge < -0.3 is 5.11 Å². The van der Waals surface area contributed by atoms with Gasteiger partial charge in [0.05, 0.1) is 0 Å². The molecule has 0 fully saturated rings. The van der Waals surface area contributed by atoms with Crippen molar-refractivity contribution in [2.45, 2.75) is 5.60 Å². The summed E-state index contributed by atoms with van der Waals surface area (Å²) in [7, 11) is 0. The number of rotatable bonds is 4. The van der Waals surface area contributed by atoms with Crippen LogP contribution >= 0.6 is 0 Å². The van der Waals surface area contributed by atoms with Gasteiger partial charge in [-0.3, -0.25) is 10.1 Å². The van der Waals surface area contributed by atoms with Gasteiger partial charge in [-0.15, -0.1) is 0 Å². The van der Waals surface area contributed by atoms with Gasteiger partial charge in [-0.1, -0.05) is 60.7 Å². The number of aromatic nitrogens is 3. The van der Waals surface area contributed by atoms with Gasteiger partial charge in [-0.05, 0) is 11.1 Å². The van der Waals surface area contributed by atoms with Crippen LogP contribution < -0.4 is 5.32 Å². The molecular formula is C16H14N4O2. The van der Waals surface area contributed by atoms with E-state index < -0.39 is 11.5 Å². The van der Waals surface area contributed by atoms with E-state index in [0.717, 1.165) is 0 Å². The van der Waals surface area contributed by atoms with Crippen LogP contribution in [-0.2, 0) is 10.4 Å². The van der Waals surface area contributed by atoms with Crippen molar-refractivity contribution in [3.05, 3.63) is 78.1 Å². The number of amides is 1. The molecule has 0 unspecified atom stereocenters. The van der Waals surface area contributed by atoms with Gasteiger partial charge in [0.1, 0.15) is 6.33 Å². The molecule has 6 heteroatoms. The van der Waals surface area contributed by atoms with Gasteiger partial charge in [-0.25, -0.2) is 5.10 Å². The minimum atomic E-state index is -1.82. The summed E-state index contributed by atoms with van der Waals surface area (Å²) in [4.78, 5) is 16.5. The topological polar surface area (TPSA) is 90.9 Å². The van der Waals surface area contributed by atoms with Crippen molar-refractivity contribution in [3.63, 3.8) is 0 Å². The molecule has 0 aliphatic carbocycles. The van der Waals surface area contributed by atoms with E-state index in [2.05, 4.69) is 20.5 Å². The molecule has 0 radical (unpaired) electrons. The molecule has 1 aromatic heterocycles. The maximum atomic E-state index is 12.7. The molecule has 0 spiro atoms. The summed E-state index contributed by atoms with van der Waals surface area (Å²) in [5.41, 5.74) is -0.883. The zero-order valence-corrected chi connectivity index (χ0v) is 11.6. The van der Waals surface area contributed by atoms with Gasteiger partial charge in [-0.2, -0.15) is 10.1 Å².